The topological polar surface area (TPSA) is 32.6 Å². The average Bonchev–Trinajstić information content (AvgIpc) is 1.99. The van der Waals surface area contributed by atoms with Crippen molar-refractivity contribution in [1.82, 2.24) is 0 Å². The van der Waals surface area contributed by atoms with E-state index in [1.165, 1.54) is 0 Å². The van der Waals surface area contributed by atoms with Gasteiger partial charge < -0.3 is 5.21 Å². The Morgan fingerprint density at radius 1 is 1.50 bits per heavy atom. The van der Waals surface area contributed by atoms with Crippen molar-refractivity contribution < 1.29 is 5.21 Å². The molecule has 0 bridgehead atoms. The summed E-state index contributed by atoms with van der Waals surface area (Å²) >= 11 is 0. The SMILES string of the molecule is CCCC(=NO)C(C)CC. The van der Waals surface area contributed by atoms with Gasteiger partial charge in [0.2, 0.25) is 0 Å². The Kier molecular flexibility index (Phi) is 4.99. The van der Waals surface area contributed by atoms with Crippen LogP contribution in [0, 0.1) is 5.92 Å². The molecule has 0 radical (unpaired) electrons. The predicted octanol–water partition coefficient (Wildman–Crippen LogP) is 2.66. The molecule has 0 saturated carbocycles. The highest BCUT2D eigenvalue weighted by Gasteiger charge is 2.06. The number of oxime groups is 1. The summed E-state index contributed by atoms with van der Waals surface area (Å²) in [6.45, 7) is 6.28. The van der Waals surface area contributed by atoms with Gasteiger partial charge in [-0.3, -0.25) is 0 Å². The van der Waals surface area contributed by atoms with Gasteiger partial charge in [-0.1, -0.05) is 32.3 Å². The van der Waals surface area contributed by atoms with Crippen LogP contribution < -0.4 is 0 Å². The maximum absolute atomic E-state index is 8.55. The molecule has 0 heterocycles. The third kappa shape index (κ3) is 2.85. The number of rotatable bonds is 4. The molecular weight excluding hydrogens is 126 g/mol. The third-order valence-corrected chi connectivity index (χ3v) is 1.82. The van der Waals surface area contributed by atoms with Crippen LogP contribution in [0.4, 0.5) is 0 Å². The molecule has 1 atom stereocenters. The molecule has 1 N–H and O–H groups in total. The normalized spacial score (nSPS) is 15.3. The van der Waals surface area contributed by atoms with Crippen molar-refractivity contribution >= 4 is 5.71 Å². The Morgan fingerprint density at radius 2 is 2.10 bits per heavy atom. The van der Waals surface area contributed by atoms with E-state index in [4.69, 9.17) is 5.21 Å². The van der Waals surface area contributed by atoms with Crippen LogP contribution in [0.2, 0.25) is 0 Å². The first-order valence-corrected chi connectivity index (χ1v) is 3.97. The molecule has 0 amide bonds. The molecule has 0 saturated heterocycles. The second-order valence-corrected chi connectivity index (χ2v) is 2.65. The van der Waals surface area contributed by atoms with Crippen LogP contribution in [0.3, 0.4) is 0 Å². The minimum absolute atomic E-state index is 0.435. The highest BCUT2D eigenvalue weighted by molar-refractivity contribution is 5.85. The minimum atomic E-state index is 0.435. The van der Waals surface area contributed by atoms with Crippen LogP contribution >= 0.6 is 0 Å². The van der Waals surface area contributed by atoms with Crippen LogP contribution in [-0.4, -0.2) is 10.9 Å². The van der Waals surface area contributed by atoms with Gasteiger partial charge >= 0.3 is 0 Å². The lowest BCUT2D eigenvalue weighted by molar-refractivity contribution is 0.313. The summed E-state index contributed by atoms with van der Waals surface area (Å²) in [6.07, 6.45) is 3.04. The quantitative estimate of drug-likeness (QED) is 0.366. The summed E-state index contributed by atoms with van der Waals surface area (Å²) in [5.41, 5.74) is 0.935. The van der Waals surface area contributed by atoms with Crippen molar-refractivity contribution in [2.45, 2.75) is 40.0 Å². The van der Waals surface area contributed by atoms with Crippen LogP contribution in [-0.2, 0) is 0 Å². The number of hydrogen-bond acceptors (Lipinski definition) is 2. The van der Waals surface area contributed by atoms with Gasteiger partial charge in [0.1, 0.15) is 0 Å². The molecule has 10 heavy (non-hydrogen) atoms. The first-order valence-electron chi connectivity index (χ1n) is 3.97. The van der Waals surface area contributed by atoms with E-state index in [1.807, 2.05) is 0 Å². The molecule has 2 heteroatoms. The summed E-state index contributed by atoms with van der Waals surface area (Å²) in [5.74, 6) is 0.435. The Balaban J connectivity index is 3.82. The first kappa shape index (κ1) is 9.47. The average molecular weight is 143 g/mol. The molecule has 0 spiro atoms. The fraction of sp³-hybridized carbons (Fsp3) is 0.875. The standard InChI is InChI=1S/C8H17NO/c1-4-6-8(9-10)7(3)5-2/h7,10H,4-6H2,1-3H3. The van der Waals surface area contributed by atoms with Crippen LogP contribution in [0.1, 0.15) is 40.0 Å². The van der Waals surface area contributed by atoms with Gasteiger partial charge in [0, 0.05) is 0 Å². The van der Waals surface area contributed by atoms with E-state index in [9.17, 15) is 0 Å². The van der Waals surface area contributed by atoms with E-state index in [0.29, 0.717) is 5.92 Å². The summed E-state index contributed by atoms with van der Waals surface area (Å²) in [6, 6.07) is 0. The van der Waals surface area contributed by atoms with Crippen molar-refractivity contribution in [2.75, 3.05) is 0 Å². The van der Waals surface area contributed by atoms with Gasteiger partial charge in [-0.25, -0.2) is 0 Å². The molecule has 0 aliphatic heterocycles. The van der Waals surface area contributed by atoms with E-state index in [2.05, 4.69) is 25.9 Å². The molecular formula is C8H17NO. The fourth-order valence-electron chi connectivity index (χ4n) is 0.887. The lowest BCUT2D eigenvalue weighted by atomic mass is 9.99. The Labute approximate surface area is 62.9 Å². The molecule has 1 unspecified atom stereocenters. The molecule has 0 aromatic carbocycles. The van der Waals surface area contributed by atoms with Crippen molar-refractivity contribution in [3.8, 4) is 0 Å². The maximum Gasteiger partial charge on any atom is 0.0598 e. The number of hydrogen-bond donors (Lipinski definition) is 1. The van der Waals surface area contributed by atoms with Gasteiger partial charge in [0.25, 0.3) is 0 Å². The van der Waals surface area contributed by atoms with Gasteiger partial charge in [0.05, 0.1) is 5.71 Å². The van der Waals surface area contributed by atoms with Crippen molar-refractivity contribution in [1.29, 1.82) is 0 Å². The van der Waals surface area contributed by atoms with Crippen molar-refractivity contribution in [3.05, 3.63) is 0 Å². The molecule has 0 aliphatic rings. The molecule has 0 fully saturated rings. The summed E-state index contributed by atoms with van der Waals surface area (Å²) in [5, 5.41) is 11.8. The minimum Gasteiger partial charge on any atom is -0.411 e. The fourth-order valence-corrected chi connectivity index (χ4v) is 0.887. The van der Waals surface area contributed by atoms with Gasteiger partial charge in [0.15, 0.2) is 0 Å². The smallest absolute Gasteiger partial charge is 0.0598 e. The zero-order chi connectivity index (χ0) is 7.98. The highest BCUT2D eigenvalue weighted by Crippen LogP contribution is 2.08. The maximum atomic E-state index is 8.55. The Hall–Kier alpha value is -0.530. The van der Waals surface area contributed by atoms with Crippen molar-refractivity contribution in [3.63, 3.8) is 0 Å². The Bertz CT molecular complexity index is 110. The van der Waals surface area contributed by atoms with Crippen LogP contribution in [0.5, 0.6) is 0 Å². The van der Waals surface area contributed by atoms with Gasteiger partial charge in [-0.05, 0) is 18.8 Å². The summed E-state index contributed by atoms with van der Waals surface area (Å²) < 4.78 is 0. The zero-order valence-electron chi connectivity index (χ0n) is 7.09. The number of nitrogens with zero attached hydrogens (tertiary/aromatic N) is 1. The van der Waals surface area contributed by atoms with E-state index in [0.717, 1.165) is 25.0 Å². The van der Waals surface area contributed by atoms with Gasteiger partial charge in [-0.2, -0.15) is 0 Å². The monoisotopic (exact) mass is 143 g/mol. The van der Waals surface area contributed by atoms with Crippen LogP contribution in [0.15, 0.2) is 5.16 Å². The zero-order valence-corrected chi connectivity index (χ0v) is 7.09. The Morgan fingerprint density at radius 3 is 2.40 bits per heavy atom. The summed E-state index contributed by atoms with van der Waals surface area (Å²) in [4.78, 5) is 0. The third-order valence-electron chi connectivity index (χ3n) is 1.82. The summed E-state index contributed by atoms with van der Waals surface area (Å²) in [7, 11) is 0. The van der Waals surface area contributed by atoms with E-state index < -0.39 is 0 Å². The first-order chi connectivity index (χ1) is 4.76. The molecule has 2 nitrogen and oxygen atoms in total. The highest BCUT2D eigenvalue weighted by atomic mass is 16.4. The van der Waals surface area contributed by atoms with Gasteiger partial charge in [-0.15, -0.1) is 0 Å². The van der Waals surface area contributed by atoms with E-state index in [1.54, 1.807) is 0 Å². The van der Waals surface area contributed by atoms with E-state index >= 15 is 0 Å². The molecule has 0 aromatic rings. The van der Waals surface area contributed by atoms with Crippen molar-refractivity contribution in [2.24, 2.45) is 11.1 Å². The van der Waals surface area contributed by atoms with E-state index in [-0.39, 0.29) is 0 Å². The van der Waals surface area contributed by atoms with Crippen LogP contribution in [0.25, 0.3) is 0 Å². The molecule has 60 valence electrons. The lowest BCUT2D eigenvalue weighted by Gasteiger charge is -2.08. The second kappa shape index (κ2) is 5.27. The second-order valence-electron chi connectivity index (χ2n) is 2.65. The molecule has 0 rings (SSSR count). The molecule has 0 aromatic heterocycles. The largest absolute Gasteiger partial charge is 0.411 e. The predicted molar refractivity (Wildman–Crippen MR) is 43.6 cm³/mol. The molecule has 0 aliphatic carbocycles. The lowest BCUT2D eigenvalue weighted by Crippen LogP contribution is -2.09.